The van der Waals surface area contributed by atoms with Gasteiger partial charge in [0.25, 0.3) is 6.43 Å². The Morgan fingerprint density at radius 1 is 1.15 bits per heavy atom. The lowest BCUT2D eigenvalue weighted by atomic mass is 9.91. The maximum absolute atomic E-state index is 13.8. The van der Waals surface area contributed by atoms with Crippen LogP contribution in [0, 0.1) is 0 Å². The molecule has 1 aliphatic heterocycles. The maximum atomic E-state index is 13.8. The molecule has 0 fully saturated rings. The minimum atomic E-state index is -2.55. The van der Waals surface area contributed by atoms with Gasteiger partial charge in [-0.2, -0.15) is 0 Å². The third-order valence-electron chi connectivity index (χ3n) is 5.15. The first-order chi connectivity index (χ1) is 12.6. The molecule has 0 saturated carbocycles. The van der Waals surface area contributed by atoms with Crippen molar-refractivity contribution in [2.24, 2.45) is 0 Å². The summed E-state index contributed by atoms with van der Waals surface area (Å²) in [7, 11) is 1.48. The average molecular weight is 361 g/mol. The lowest BCUT2D eigenvalue weighted by Crippen LogP contribution is -2.38. The quantitative estimate of drug-likeness (QED) is 0.723. The Morgan fingerprint density at radius 2 is 1.85 bits per heavy atom. The van der Waals surface area contributed by atoms with E-state index in [2.05, 4.69) is 28.7 Å². The van der Waals surface area contributed by atoms with Crippen LogP contribution in [0.1, 0.15) is 50.7 Å². The van der Waals surface area contributed by atoms with Crippen LogP contribution in [-0.4, -0.2) is 29.7 Å². The second-order valence-electron chi connectivity index (χ2n) is 6.59. The molecule has 26 heavy (non-hydrogen) atoms. The fourth-order valence-electron chi connectivity index (χ4n) is 3.78. The van der Waals surface area contributed by atoms with Gasteiger partial charge in [0.2, 0.25) is 0 Å². The van der Waals surface area contributed by atoms with Crippen LogP contribution in [0.2, 0.25) is 0 Å². The van der Waals surface area contributed by atoms with Crippen molar-refractivity contribution < 1.29 is 13.5 Å². The van der Waals surface area contributed by atoms with Gasteiger partial charge >= 0.3 is 6.01 Å². The van der Waals surface area contributed by atoms with E-state index >= 15 is 0 Å². The molecule has 0 unspecified atom stereocenters. The van der Waals surface area contributed by atoms with E-state index in [0.29, 0.717) is 17.2 Å². The van der Waals surface area contributed by atoms with E-state index in [1.54, 1.807) is 18.5 Å². The first-order valence-corrected chi connectivity index (χ1v) is 9.17. The molecular formula is C20H25F2N3O. The molecule has 140 valence electrons. The van der Waals surface area contributed by atoms with Crippen LogP contribution in [0.3, 0.4) is 0 Å². The molecule has 3 rings (SSSR count). The van der Waals surface area contributed by atoms with Crippen molar-refractivity contribution in [3.63, 3.8) is 0 Å². The van der Waals surface area contributed by atoms with Crippen LogP contribution in [0.4, 0.5) is 14.5 Å². The molecule has 6 heteroatoms. The number of fused-ring (bicyclic) bond motifs is 1. The maximum Gasteiger partial charge on any atom is 0.316 e. The normalized spacial score (nSPS) is 14.0. The van der Waals surface area contributed by atoms with Crippen molar-refractivity contribution in [1.29, 1.82) is 0 Å². The number of rotatable bonds is 6. The van der Waals surface area contributed by atoms with E-state index in [1.165, 1.54) is 7.11 Å². The number of ether oxygens (including phenoxy) is 1. The highest BCUT2D eigenvalue weighted by molar-refractivity contribution is 5.73. The molecule has 1 aromatic carbocycles. The van der Waals surface area contributed by atoms with Gasteiger partial charge in [0.15, 0.2) is 0 Å². The monoisotopic (exact) mass is 361 g/mol. The summed E-state index contributed by atoms with van der Waals surface area (Å²) in [6.07, 6.45) is 4.49. The summed E-state index contributed by atoms with van der Waals surface area (Å²) in [5.74, 6) is 0. The highest BCUT2D eigenvalue weighted by atomic mass is 19.3. The van der Waals surface area contributed by atoms with Crippen LogP contribution in [-0.2, 0) is 6.42 Å². The van der Waals surface area contributed by atoms with Crippen LogP contribution in [0.5, 0.6) is 6.01 Å². The van der Waals surface area contributed by atoms with Gasteiger partial charge in [0.05, 0.1) is 7.11 Å². The van der Waals surface area contributed by atoms with Crippen molar-refractivity contribution in [2.75, 3.05) is 18.6 Å². The number of alkyl halides is 2. The largest absolute Gasteiger partial charge is 0.467 e. The zero-order valence-corrected chi connectivity index (χ0v) is 15.5. The molecule has 0 spiro atoms. The summed E-state index contributed by atoms with van der Waals surface area (Å²) < 4.78 is 32.6. The fraction of sp³-hybridized carbons (Fsp3) is 0.500. The van der Waals surface area contributed by atoms with Crippen LogP contribution < -0.4 is 9.64 Å². The zero-order chi connectivity index (χ0) is 18.7. The molecule has 1 aliphatic rings. The molecule has 0 atom stereocenters. The van der Waals surface area contributed by atoms with Crippen LogP contribution >= 0.6 is 0 Å². The lowest BCUT2D eigenvalue weighted by molar-refractivity contribution is 0.152. The Kier molecular flexibility index (Phi) is 5.69. The number of nitrogens with zero attached hydrogens (tertiary/aromatic N) is 3. The standard InChI is InChI=1S/C20H25F2N3O/c1-4-15(5-2)25-8-6-7-13-9-16(17(19(21)22)10-18(13)25)14-11-23-20(26-3)24-12-14/h9-12,15,19H,4-8H2,1-3H3. The second kappa shape index (κ2) is 7.98. The Hall–Kier alpha value is -2.24. The first-order valence-electron chi connectivity index (χ1n) is 9.17. The molecular weight excluding hydrogens is 336 g/mol. The zero-order valence-electron chi connectivity index (χ0n) is 15.5. The lowest BCUT2D eigenvalue weighted by Gasteiger charge is -2.38. The van der Waals surface area contributed by atoms with Crippen molar-refractivity contribution in [2.45, 2.75) is 52.0 Å². The molecule has 2 heterocycles. The smallest absolute Gasteiger partial charge is 0.316 e. The van der Waals surface area contributed by atoms with Gasteiger partial charge in [-0.3, -0.25) is 0 Å². The van der Waals surface area contributed by atoms with Gasteiger partial charge in [-0.1, -0.05) is 13.8 Å². The molecule has 2 aromatic rings. The average Bonchev–Trinajstić information content (AvgIpc) is 2.68. The summed E-state index contributed by atoms with van der Waals surface area (Å²) >= 11 is 0. The Labute approximate surface area is 153 Å². The predicted octanol–water partition coefficient (Wildman–Crippen LogP) is 5.03. The number of halogens is 2. The number of methoxy groups -OCH3 is 1. The SMILES string of the molecule is CCC(CC)N1CCCc2cc(-c3cnc(OC)nc3)c(C(F)F)cc21. The molecule has 0 bridgehead atoms. The minimum Gasteiger partial charge on any atom is -0.467 e. The summed E-state index contributed by atoms with van der Waals surface area (Å²) in [6.45, 7) is 5.23. The van der Waals surface area contributed by atoms with Gasteiger partial charge in [-0.05, 0) is 48.9 Å². The van der Waals surface area contributed by atoms with E-state index in [9.17, 15) is 8.78 Å². The number of hydrogen-bond acceptors (Lipinski definition) is 4. The van der Waals surface area contributed by atoms with E-state index in [-0.39, 0.29) is 11.6 Å². The molecule has 0 saturated heterocycles. The van der Waals surface area contributed by atoms with Crippen molar-refractivity contribution in [3.8, 4) is 17.1 Å². The molecule has 0 N–H and O–H groups in total. The highest BCUT2D eigenvalue weighted by Crippen LogP contribution is 2.39. The molecule has 1 aromatic heterocycles. The van der Waals surface area contributed by atoms with E-state index in [0.717, 1.165) is 43.5 Å². The minimum absolute atomic E-state index is 0.0374. The number of aryl methyl sites for hydroxylation is 1. The number of anilines is 1. The topological polar surface area (TPSA) is 38.2 Å². The molecule has 0 amide bonds. The van der Waals surface area contributed by atoms with Gasteiger partial charge in [0.1, 0.15) is 0 Å². The number of benzene rings is 1. The summed E-state index contributed by atoms with van der Waals surface area (Å²) in [5.41, 5.74) is 3.21. The van der Waals surface area contributed by atoms with Gasteiger partial charge < -0.3 is 9.64 Å². The van der Waals surface area contributed by atoms with E-state index in [1.807, 2.05) is 6.07 Å². The fourth-order valence-corrected chi connectivity index (χ4v) is 3.78. The third-order valence-corrected chi connectivity index (χ3v) is 5.15. The van der Waals surface area contributed by atoms with Crippen molar-refractivity contribution >= 4 is 5.69 Å². The summed E-state index contributed by atoms with van der Waals surface area (Å²) in [4.78, 5) is 10.4. The summed E-state index contributed by atoms with van der Waals surface area (Å²) in [6, 6.07) is 4.19. The van der Waals surface area contributed by atoms with Gasteiger partial charge in [-0.25, -0.2) is 18.7 Å². The summed E-state index contributed by atoms with van der Waals surface area (Å²) in [5, 5.41) is 0. The molecule has 0 aliphatic carbocycles. The van der Waals surface area contributed by atoms with Gasteiger partial charge in [0, 0.05) is 41.8 Å². The van der Waals surface area contributed by atoms with Crippen LogP contribution in [0.15, 0.2) is 24.5 Å². The molecule has 4 nitrogen and oxygen atoms in total. The highest BCUT2D eigenvalue weighted by Gasteiger charge is 2.26. The van der Waals surface area contributed by atoms with Crippen molar-refractivity contribution in [1.82, 2.24) is 9.97 Å². The predicted molar refractivity (Wildman–Crippen MR) is 99.0 cm³/mol. The van der Waals surface area contributed by atoms with Gasteiger partial charge in [-0.15, -0.1) is 0 Å². The first kappa shape index (κ1) is 18.5. The Bertz CT molecular complexity index is 745. The van der Waals surface area contributed by atoms with Crippen molar-refractivity contribution in [3.05, 3.63) is 35.7 Å². The Morgan fingerprint density at radius 3 is 2.42 bits per heavy atom. The second-order valence-corrected chi connectivity index (χ2v) is 6.59. The van der Waals surface area contributed by atoms with E-state index < -0.39 is 6.43 Å². The Balaban J connectivity index is 2.09. The van der Waals surface area contributed by atoms with Crippen LogP contribution in [0.25, 0.3) is 11.1 Å². The number of hydrogen-bond donors (Lipinski definition) is 0. The number of aromatic nitrogens is 2. The molecule has 0 radical (unpaired) electrons. The van der Waals surface area contributed by atoms with E-state index in [4.69, 9.17) is 4.74 Å². The third kappa shape index (κ3) is 3.50.